The first-order chi connectivity index (χ1) is 7.61. The molecule has 0 aliphatic carbocycles. The van der Waals surface area contributed by atoms with Gasteiger partial charge >= 0.3 is 0 Å². The summed E-state index contributed by atoms with van der Waals surface area (Å²) in [5, 5.41) is 0. The molecule has 0 aliphatic heterocycles. The standard InChI is InChI=1S/C12H27N3O/c1-4-9-15(11(2)3)10-7-5-6-8-12(16)14-13/h11H,4-10,13H2,1-3H3,(H,14,16). The number of nitrogens with one attached hydrogen (secondary N) is 1. The van der Waals surface area contributed by atoms with Crippen LogP contribution in [0.5, 0.6) is 0 Å². The number of carbonyl (C=O) groups is 1. The molecule has 0 heterocycles. The minimum Gasteiger partial charge on any atom is -0.301 e. The van der Waals surface area contributed by atoms with Gasteiger partial charge in [-0.1, -0.05) is 13.3 Å². The van der Waals surface area contributed by atoms with E-state index in [9.17, 15) is 4.79 Å². The van der Waals surface area contributed by atoms with Crippen molar-refractivity contribution in [3.63, 3.8) is 0 Å². The first-order valence-corrected chi connectivity index (χ1v) is 6.35. The first kappa shape index (κ1) is 15.4. The van der Waals surface area contributed by atoms with Crippen LogP contribution in [0.2, 0.25) is 0 Å². The zero-order valence-corrected chi connectivity index (χ0v) is 11.0. The predicted molar refractivity (Wildman–Crippen MR) is 67.8 cm³/mol. The van der Waals surface area contributed by atoms with Gasteiger partial charge in [-0.3, -0.25) is 10.2 Å². The van der Waals surface area contributed by atoms with Crippen LogP contribution >= 0.6 is 0 Å². The minimum absolute atomic E-state index is 0.0609. The van der Waals surface area contributed by atoms with E-state index in [-0.39, 0.29) is 5.91 Å². The maximum Gasteiger partial charge on any atom is 0.233 e. The largest absolute Gasteiger partial charge is 0.301 e. The lowest BCUT2D eigenvalue weighted by Crippen LogP contribution is -2.32. The van der Waals surface area contributed by atoms with Crippen LogP contribution in [-0.2, 0) is 4.79 Å². The number of carbonyl (C=O) groups excluding carboxylic acids is 1. The molecule has 4 heteroatoms. The molecule has 0 aromatic rings. The zero-order chi connectivity index (χ0) is 12.4. The number of rotatable bonds is 9. The molecule has 3 N–H and O–H groups in total. The normalized spacial score (nSPS) is 11.1. The van der Waals surface area contributed by atoms with E-state index in [2.05, 4.69) is 31.1 Å². The number of hydrogen-bond acceptors (Lipinski definition) is 3. The molecule has 4 nitrogen and oxygen atoms in total. The predicted octanol–water partition coefficient (Wildman–Crippen LogP) is 1.66. The Balaban J connectivity index is 3.51. The van der Waals surface area contributed by atoms with Crippen LogP contribution in [-0.4, -0.2) is 29.9 Å². The lowest BCUT2D eigenvalue weighted by atomic mass is 10.1. The quantitative estimate of drug-likeness (QED) is 0.273. The third-order valence-electron chi connectivity index (χ3n) is 2.75. The van der Waals surface area contributed by atoms with Crippen LogP contribution in [0.1, 0.15) is 52.9 Å². The SMILES string of the molecule is CCCN(CCCCCC(=O)NN)C(C)C. The fraction of sp³-hybridized carbons (Fsp3) is 0.917. The van der Waals surface area contributed by atoms with Crippen LogP contribution in [0.25, 0.3) is 0 Å². The van der Waals surface area contributed by atoms with Gasteiger partial charge in [-0.15, -0.1) is 0 Å². The van der Waals surface area contributed by atoms with Crippen molar-refractivity contribution in [3.05, 3.63) is 0 Å². The van der Waals surface area contributed by atoms with Crippen molar-refractivity contribution < 1.29 is 4.79 Å². The third kappa shape index (κ3) is 7.65. The lowest BCUT2D eigenvalue weighted by Gasteiger charge is -2.25. The van der Waals surface area contributed by atoms with Gasteiger partial charge in [0, 0.05) is 12.5 Å². The molecule has 0 radical (unpaired) electrons. The van der Waals surface area contributed by atoms with Gasteiger partial charge < -0.3 is 4.90 Å². The van der Waals surface area contributed by atoms with Gasteiger partial charge in [0.1, 0.15) is 0 Å². The van der Waals surface area contributed by atoms with Gasteiger partial charge in [0.2, 0.25) is 5.91 Å². The van der Waals surface area contributed by atoms with E-state index in [1.54, 1.807) is 0 Å². The molecule has 96 valence electrons. The third-order valence-corrected chi connectivity index (χ3v) is 2.75. The molecular weight excluding hydrogens is 202 g/mol. The Morgan fingerprint density at radius 1 is 1.25 bits per heavy atom. The summed E-state index contributed by atoms with van der Waals surface area (Å²) in [5.74, 6) is 4.95. The van der Waals surface area contributed by atoms with Crippen molar-refractivity contribution in [2.75, 3.05) is 13.1 Å². The molecule has 0 bridgehead atoms. The Labute approximate surface area is 99.5 Å². The van der Waals surface area contributed by atoms with Gasteiger partial charge in [0.25, 0.3) is 0 Å². The summed E-state index contributed by atoms with van der Waals surface area (Å²) < 4.78 is 0. The monoisotopic (exact) mass is 229 g/mol. The Hall–Kier alpha value is -0.610. The number of unbranched alkanes of at least 4 members (excludes halogenated alkanes) is 2. The molecule has 0 fully saturated rings. The fourth-order valence-corrected chi connectivity index (χ4v) is 1.76. The Morgan fingerprint density at radius 2 is 1.94 bits per heavy atom. The second kappa shape index (κ2) is 9.60. The minimum atomic E-state index is -0.0609. The van der Waals surface area contributed by atoms with Crippen molar-refractivity contribution >= 4 is 5.91 Å². The molecule has 0 saturated heterocycles. The average molecular weight is 229 g/mol. The van der Waals surface area contributed by atoms with E-state index < -0.39 is 0 Å². The van der Waals surface area contributed by atoms with Gasteiger partial charge in [-0.05, 0) is 46.2 Å². The summed E-state index contributed by atoms with van der Waals surface area (Å²) >= 11 is 0. The highest BCUT2D eigenvalue weighted by Crippen LogP contribution is 2.05. The van der Waals surface area contributed by atoms with Crippen LogP contribution in [0.4, 0.5) is 0 Å². The van der Waals surface area contributed by atoms with Crippen LogP contribution in [0, 0.1) is 0 Å². The number of hydrazine groups is 1. The van der Waals surface area contributed by atoms with Crippen LogP contribution in [0.3, 0.4) is 0 Å². The maximum absolute atomic E-state index is 10.9. The molecule has 0 unspecified atom stereocenters. The highest BCUT2D eigenvalue weighted by molar-refractivity contribution is 5.74. The number of nitrogens with zero attached hydrogens (tertiary/aromatic N) is 1. The van der Waals surface area contributed by atoms with E-state index in [0.717, 1.165) is 25.8 Å². The molecule has 1 amide bonds. The molecule has 0 atom stereocenters. The molecule has 16 heavy (non-hydrogen) atoms. The van der Waals surface area contributed by atoms with Crippen LogP contribution < -0.4 is 11.3 Å². The van der Waals surface area contributed by atoms with Crippen LogP contribution in [0.15, 0.2) is 0 Å². The molecule has 0 saturated carbocycles. The summed E-state index contributed by atoms with van der Waals surface area (Å²) in [7, 11) is 0. The van der Waals surface area contributed by atoms with E-state index >= 15 is 0 Å². The molecule has 0 spiro atoms. The van der Waals surface area contributed by atoms with Gasteiger partial charge in [-0.25, -0.2) is 5.84 Å². The van der Waals surface area contributed by atoms with Gasteiger partial charge in [0.05, 0.1) is 0 Å². The summed E-state index contributed by atoms with van der Waals surface area (Å²) in [5.41, 5.74) is 2.15. The Kier molecular flexibility index (Phi) is 9.24. The summed E-state index contributed by atoms with van der Waals surface area (Å²) in [6.07, 6.45) is 4.94. The number of nitrogens with two attached hydrogens (primary N) is 1. The highest BCUT2D eigenvalue weighted by atomic mass is 16.2. The zero-order valence-electron chi connectivity index (χ0n) is 11.0. The van der Waals surface area contributed by atoms with Gasteiger partial charge in [0.15, 0.2) is 0 Å². The smallest absolute Gasteiger partial charge is 0.233 e. The molecule has 0 aromatic carbocycles. The summed E-state index contributed by atoms with van der Waals surface area (Å²) in [6, 6.07) is 0.618. The fourth-order valence-electron chi connectivity index (χ4n) is 1.76. The van der Waals surface area contributed by atoms with Crippen molar-refractivity contribution in [2.45, 2.75) is 58.9 Å². The van der Waals surface area contributed by atoms with E-state index in [1.165, 1.54) is 13.0 Å². The summed E-state index contributed by atoms with van der Waals surface area (Å²) in [6.45, 7) is 8.98. The number of hydrogen-bond donors (Lipinski definition) is 2. The molecular formula is C12H27N3O. The highest BCUT2D eigenvalue weighted by Gasteiger charge is 2.07. The Morgan fingerprint density at radius 3 is 2.44 bits per heavy atom. The Bertz CT molecular complexity index is 183. The van der Waals surface area contributed by atoms with Crippen molar-refractivity contribution in [1.29, 1.82) is 0 Å². The molecule has 0 aromatic heterocycles. The first-order valence-electron chi connectivity index (χ1n) is 6.35. The second-order valence-electron chi connectivity index (χ2n) is 4.51. The van der Waals surface area contributed by atoms with E-state index in [4.69, 9.17) is 5.84 Å². The summed E-state index contributed by atoms with van der Waals surface area (Å²) in [4.78, 5) is 13.4. The van der Waals surface area contributed by atoms with Crippen molar-refractivity contribution in [1.82, 2.24) is 10.3 Å². The second-order valence-corrected chi connectivity index (χ2v) is 4.51. The lowest BCUT2D eigenvalue weighted by molar-refractivity contribution is -0.121. The number of amides is 1. The van der Waals surface area contributed by atoms with Crippen molar-refractivity contribution in [2.24, 2.45) is 5.84 Å². The topological polar surface area (TPSA) is 58.4 Å². The van der Waals surface area contributed by atoms with E-state index in [1.807, 2.05) is 0 Å². The molecule has 0 rings (SSSR count). The van der Waals surface area contributed by atoms with Gasteiger partial charge in [-0.2, -0.15) is 0 Å². The average Bonchev–Trinajstić information content (AvgIpc) is 2.26. The molecule has 0 aliphatic rings. The maximum atomic E-state index is 10.9. The van der Waals surface area contributed by atoms with E-state index in [0.29, 0.717) is 12.5 Å². The van der Waals surface area contributed by atoms with Crippen molar-refractivity contribution in [3.8, 4) is 0 Å².